The van der Waals surface area contributed by atoms with Gasteiger partial charge in [0.1, 0.15) is 0 Å². The molecule has 1 aromatic rings. The third-order valence-electron chi connectivity index (χ3n) is 5.54. The summed E-state index contributed by atoms with van der Waals surface area (Å²) in [6.07, 6.45) is 8.07. The molecule has 0 amide bonds. The van der Waals surface area contributed by atoms with Gasteiger partial charge in [0.15, 0.2) is 5.96 Å². The highest BCUT2D eigenvalue weighted by Gasteiger charge is 2.16. The van der Waals surface area contributed by atoms with Crippen LogP contribution in [0.1, 0.15) is 69.9 Å². The second-order valence-corrected chi connectivity index (χ2v) is 8.14. The Morgan fingerprint density at radius 1 is 1.14 bits per heavy atom. The van der Waals surface area contributed by atoms with Gasteiger partial charge in [-0.1, -0.05) is 56.9 Å². The first-order chi connectivity index (χ1) is 13.6. The summed E-state index contributed by atoms with van der Waals surface area (Å²) in [5.41, 5.74) is 2.60. The van der Waals surface area contributed by atoms with Crippen LogP contribution in [0.5, 0.6) is 0 Å². The second-order valence-electron chi connectivity index (χ2n) is 8.14. The number of piperidine rings is 1. The number of likely N-dealkylation sites (tertiary alicyclic amines) is 1. The highest BCUT2D eigenvalue weighted by Crippen LogP contribution is 2.14. The van der Waals surface area contributed by atoms with E-state index in [0.717, 1.165) is 45.0 Å². The van der Waals surface area contributed by atoms with Gasteiger partial charge in [-0.2, -0.15) is 0 Å². The molecule has 0 radical (unpaired) electrons. The first kappa shape index (κ1) is 22.7. The highest BCUT2D eigenvalue weighted by atomic mass is 16.3. The van der Waals surface area contributed by atoms with Crippen LogP contribution in [-0.2, 0) is 13.1 Å². The van der Waals surface area contributed by atoms with Gasteiger partial charge < -0.3 is 15.7 Å². The predicted octanol–water partition coefficient (Wildman–Crippen LogP) is 3.67. The summed E-state index contributed by atoms with van der Waals surface area (Å²) in [5, 5.41) is 16.5. The lowest BCUT2D eigenvalue weighted by Crippen LogP contribution is -2.41. The van der Waals surface area contributed by atoms with Gasteiger partial charge in [-0.15, -0.1) is 0 Å². The second kappa shape index (κ2) is 12.8. The molecule has 0 spiro atoms. The van der Waals surface area contributed by atoms with E-state index < -0.39 is 0 Å². The fourth-order valence-corrected chi connectivity index (χ4v) is 3.66. The number of nitrogens with one attached hydrogen (secondary N) is 2. The van der Waals surface area contributed by atoms with Crippen molar-refractivity contribution in [1.82, 2.24) is 15.5 Å². The zero-order valence-corrected chi connectivity index (χ0v) is 18.1. The minimum atomic E-state index is -0.105. The van der Waals surface area contributed by atoms with Crippen LogP contribution in [0.2, 0.25) is 0 Å². The Balaban J connectivity index is 1.70. The topological polar surface area (TPSA) is 59.9 Å². The lowest BCUT2D eigenvalue weighted by molar-refractivity contribution is 0.0792. The predicted molar refractivity (Wildman–Crippen MR) is 119 cm³/mol. The number of aliphatic imine (C=N–C) groups is 1. The summed E-state index contributed by atoms with van der Waals surface area (Å²) in [6, 6.07) is 9.27. The fraction of sp³-hybridized carbons (Fsp3) is 0.696. The summed E-state index contributed by atoms with van der Waals surface area (Å²) >= 11 is 0. The number of aliphatic hydroxyl groups is 1. The van der Waals surface area contributed by atoms with Crippen molar-refractivity contribution in [2.45, 2.75) is 84.0 Å². The molecular weight excluding hydrogens is 348 g/mol. The summed E-state index contributed by atoms with van der Waals surface area (Å²) in [5.74, 6) is 0.874. The molecule has 5 nitrogen and oxygen atoms in total. The number of benzene rings is 1. The van der Waals surface area contributed by atoms with Crippen LogP contribution in [0, 0.1) is 0 Å². The molecule has 1 heterocycles. The molecule has 1 unspecified atom stereocenters. The molecule has 0 aliphatic carbocycles. The molecule has 28 heavy (non-hydrogen) atoms. The van der Waals surface area contributed by atoms with Gasteiger partial charge in [0.2, 0.25) is 0 Å². The van der Waals surface area contributed by atoms with Crippen LogP contribution in [0.3, 0.4) is 0 Å². The van der Waals surface area contributed by atoms with E-state index in [0.29, 0.717) is 6.04 Å². The lowest BCUT2D eigenvalue weighted by atomic mass is 10.1. The Kier molecular flexibility index (Phi) is 10.4. The smallest absolute Gasteiger partial charge is 0.191 e. The summed E-state index contributed by atoms with van der Waals surface area (Å²) in [7, 11) is 1.83. The van der Waals surface area contributed by atoms with Crippen LogP contribution in [0.4, 0.5) is 0 Å². The van der Waals surface area contributed by atoms with E-state index in [9.17, 15) is 5.11 Å². The molecule has 1 atom stereocenters. The molecule has 0 aromatic heterocycles. The molecule has 1 saturated heterocycles. The molecule has 1 aliphatic rings. The summed E-state index contributed by atoms with van der Waals surface area (Å²) < 4.78 is 0. The van der Waals surface area contributed by atoms with Gasteiger partial charge in [-0.25, -0.2) is 0 Å². The summed E-state index contributed by atoms with van der Waals surface area (Å²) in [6.45, 7) is 8.20. The van der Waals surface area contributed by atoms with Crippen molar-refractivity contribution in [3.8, 4) is 0 Å². The number of rotatable bonds is 10. The van der Waals surface area contributed by atoms with Crippen molar-refractivity contribution in [1.29, 1.82) is 0 Å². The molecule has 1 fully saturated rings. The number of guanidine groups is 1. The molecule has 5 heteroatoms. The maximum absolute atomic E-state index is 9.62. The average molecular weight is 389 g/mol. The Labute approximate surface area is 171 Å². The van der Waals surface area contributed by atoms with E-state index in [-0.39, 0.29) is 6.10 Å². The third kappa shape index (κ3) is 8.61. The number of aliphatic hydroxyl groups excluding tert-OH is 1. The highest BCUT2D eigenvalue weighted by molar-refractivity contribution is 5.79. The van der Waals surface area contributed by atoms with E-state index in [1.165, 1.54) is 43.2 Å². The van der Waals surface area contributed by atoms with Gasteiger partial charge in [0.25, 0.3) is 0 Å². The van der Waals surface area contributed by atoms with Gasteiger partial charge >= 0.3 is 0 Å². The molecule has 1 aromatic carbocycles. The van der Waals surface area contributed by atoms with E-state index in [1.807, 2.05) is 7.05 Å². The number of unbranched alkanes of at least 4 members (excludes halogenated alkanes) is 3. The first-order valence-electron chi connectivity index (χ1n) is 11.1. The molecule has 0 saturated carbocycles. The molecule has 158 valence electrons. The average Bonchev–Trinajstić information content (AvgIpc) is 2.71. The van der Waals surface area contributed by atoms with Gasteiger partial charge in [-0.05, 0) is 37.3 Å². The Morgan fingerprint density at radius 2 is 1.82 bits per heavy atom. The van der Waals surface area contributed by atoms with Crippen molar-refractivity contribution in [2.24, 2.45) is 4.99 Å². The molecule has 0 bridgehead atoms. The van der Waals surface area contributed by atoms with Gasteiger partial charge in [-0.3, -0.25) is 9.89 Å². The summed E-state index contributed by atoms with van der Waals surface area (Å²) in [4.78, 5) is 6.78. The van der Waals surface area contributed by atoms with Crippen LogP contribution >= 0.6 is 0 Å². The van der Waals surface area contributed by atoms with E-state index in [1.54, 1.807) is 0 Å². The molecule has 2 rings (SSSR count). The van der Waals surface area contributed by atoms with E-state index in [2.05, 4.69) is 58.6 Å². The Bertz CT molecular complexity index is 564. The standard InChI is InChI=1S/C23H40N4O/c1-4-5-6-7-8-19(2)26-23(24-3)25-17-20-9-11-21(12-10-20)18-27-15-13-22(28)14-16-27/h9-12,19,22,28H,4-8,13-18H2,1-3H3,(H2,24,25,26). The number of hydrogen-bond donors (Lipinski definition) is 3. The SMILES string of the molecule is CCCCCCC(C)NC(=NC)NCc1ccc(CN2CCC(O)CC2)cc1. The van der Waals surface area contributed by atoms with Crippen molar-refractivity contribution >= 4 is 5.96 Å². The van der Waals surface area contributed by atoms with Crippen molar-refractivity contribution in [3.05, 3.63) is 35.4 Å². The van der Waals surface area contributed by atoms with E-state index in [4.69, 9.17) is 0 Å². The normalized spacial score (nSPS) is 17.5. The van der Waals surface area contributed by atoms with Crippen molar-refractivity contribution in [3.63, 3.8) is 0 Å². The molecule has 3 N–H and O–H groups in total. The maximum Gasteiger partial charge on any atom is 0.191 e. The third-order valence-corrected chi connectivity index (χ3v) is 5.54. The van der Waals surface area contributed by atoms with Crippen molar-refractivity contribution < 1.29 is 5.11 Å². The monoisotopic (exact) mass is 388 g/mol. The van der Waals surface area contributed by atoms with Gasteiger partial charge in [0.05, 0.1) is 6.10 Å². The molecular formula is C23H40N4O. The first-order valence-corrected chi connectivity index (χ1v) is 11.1. The largest absolute Gasteiger partial charge is 0.393 e. The zero-order valence-electron chi connectivity index (χ0n) is 18.1. The van der Waals surface area contributed by atoms with Crippen LogP contribution in [0.15, 0.2) is 29.3 Å². The Morgan fingerprint density at radius 3 is 2.46 bits per heavy atom. The van der Waals surface area contributed by atoms with Crippen LogP contribution in [0.25, 0.3) is 0 Å². The van der Waals surface area contributed by atoms with Gasteiger partial charge in [0, 0.05) is 39.3 Å². The van der Waals surface area contributed by atoms with Crippen molar-refractivity contribution in [2.75, 3.05) is 20.1 Å². The zero-order chi connectivity index (χ0) is 20.2. The van der Waals surface area contributed by atoms with Crippen LogP contribution < -0.4 is 10.6 Å². The number of hydrogen-bond acceptors (Lipinski definition) is 3. The minimum Gasteiger partial charge on any atom is -0.393 e. The Hall–Kier alpha value is -1.59. The maximum atomic E-state index is 9.62. The van der Waals surface area contributed by atoms with E-state index >= 15 is 0 Å². The number of nitrogens with zero attached hydrogens (tertiary/aromatic N) is 2. The fourth-order valence-electron chi connectivity index (χ4n) is 3.66. The van der Waals surface area contributed by atoms with Crippen LogP contribution in [-0.4, -0.2) is 48.2 Å². The lowest BCUT2D eigenvalue weighted by Gasteiger charge is -2.29. The molecule has 1 aliphatic heterocycles. The quantitative estimate of drug-likeness (QED) is 0.325. The minimum absolute atomic E-state index is 0.105.